The first-order chi connectivity index (χ1) is 12.7. The highest BCUT2D eigenvalue weighted by atomic mass is 19.1. The number of carbonyl (C=O) groups is 2. The first-order valence-electron chi connectivity index (χ1n) is 7.77. The van der Waals surface area contributed by atoms with E-state index < -0.39 is 23.4 Å². The van der Waals surface area contributed by atoms with E-state index in [0.29, 0.717) is 5.69 Å². The summed E-state index contributed by atoms with van der Waals surface area (Å²) < 4.78 is 28.1. The standard InChI is InChI=1S/C18H18F2N4O3/c1-23(2)13-6-7-14(16(20)9-13)18(26)24(3)21-10-12-5-4-11(8-15(12)19)17(25)22-27/h4-10,27H,1-3H3,(H,22,25). The molecule has 0 fully saturated rings. The number of hydrazone groups is 1. The first kappa shape index (κ1) is 20.0. The van der Waals surface area contributed by atoms with Gasteiger partial charge in [0.15, 0.2) is 0 Å². The van der Waals surface area contributed by atoms with Crippen molar-refractivity contribution >= 4 is 23.7 Å². The van der Waals surface area contributed by atoms with Crippen molar-refractivity contribution in [1.82, 2.24) is 10.5 Å². The Hall–Kier alpha value is -3.33. The van der Waals surface area contributed by atoms with Gasteiger partial charge in [0.25, 0.3) is 11.8 Å². The van der Waals surface area contributed by atoms with Gasteiger partial charge in [-0.25, -0.2) is 19.3 Å². The molecule has 0 aliphatic carbocycles. The van der Waals surface area contributed by atoms with Crippen LogP contribution in [0.1, 0.15) is 26.3 Å². The Labute approximate surface area is 154 Å². The highest BCUT2D eigenvalue weighted by Crippen LogP contribution is 2.18. The van der Waals surface area contributed by atoms with Gasteiger partial charge in [0.1, 0.15) is 11.6 Å². The van der Waals surface area contributed by atoms with Crippen LogP contribution in [0, 0.1) is 11.6 Å². The van der Waals surface area contributed by atoms with Crippen LogP contribution in [0.3, 0.4) is 0 Å². The van der Waals surface area contributed by atoms with E-state index in [4.69, 9.17) is 5.21 Å². The molecule has 0 aliphatic heterocycles. The zero-order valence-electron chi connectivity index (χ0n) is 14.9. The molecule has 0 atom stereocenters. The molecule has 142 valence electrons. The lowest BCUT2D eigenvalue weighted by Gasteiger charge is -2.15. The van der Waals surface area contributed by atoms with Crippen molar-refractivity contribution < 1.29 is 23.6 Å². The van der Waals surface area contributed by atoms with Crippen LogP contribution >= 0.6 is 0 Å². The number of rotatable bonds is 5. The van der Waals surface area contributed by atoms with Crippen LogP contribution in [0.4, 0.5) is 14.5 Å². The summed E-state index contributed by atoms with van der Waals surface area (Å²) in [6.45, 7) is 0. The predicted molar refractivity (Wildman–Crippen MR) is 96.1 cm³/mol. The minimum Gasteiger partial charge on any atom is -0.378 e. The smallest absolute Gasteiger partial charge is 0.276 e. The van der Waals surface area contributed by atoms with Crippen LogP contribution in [0.5, 0.6) is 0 Å². The van der Waals surface area contributed by atoms with Crippen LogP contribution in [0.25, 0.3) is 0 Å². The molecule has 0 saturated carbocycles. The molecule has 0 radical (unpaired) electrons. The first-order valence-corrected chi connectivity index (χ1v) is 7.77. The van der Waals surface area contributed by atoms with Crippen molar-refractivity contribution in [3.8, 4) is 0 Å². The maximum Gasteiger partial charge on any atom is 0.276 e. The summed E-state index contributed by atoms with van der Waals surface area (Å²) in [6.07, 6.45) is 1.07. The van der Waals surface area contributed by atoms with Gasteiger partial charge in [-0.2, -0.15) is 5.10 Å². The van der Waals surface area contributed by atoms with Gasteiger partial charge >= 0.3 is 0 Å². The number of benzene rings is 2. The van der Waals surface area contributed by atoms with Crippen LogP contribution in [0.15, 0.2) is 41.5 Å². The second kappa shape index (κ2) is 8.37. The van der Waals surface area contributed by atoms with E-state index in [1.54, 1.807) is 25.1 Å². The Morgan fingerprint density at radius 3 is 2.33 bits per heavy atom. The van der Waals surface area contributed by atoms with Gasteiger partial charge < -0.3 is 4.90 Å². The molecular weight excluding hydrogens is 358 g/mol. The third-order valence-electron chi connectivity index (χ3n) is 3.73. The molecular formula is C18H18F2N4O3. The molecule has 0 heterocycles. The van der Waals surface area contributed by atoms with Crippen LogP contribution in [-0.4, -0.2) is 49.4 Å². The molecule has 2 aromatic carbocycles. The number of halogens is 2. The summed E-state index contributed by atoms with van der Waals surface area (Å²) in [5.41, 5.74) is 1.75. The Kier molecular flexibility index (Phi) is 6.19. The number of anilines is 1. The minimum atomic E-state index is -0.860. The highest BCUT2D eigenvalue weighted by molar-refractivity contribution is 5.96. The Morgan fingerprint density at radius 1 is 1.07 bits per heavy atom. The average Bonchev–Trinajstić information content (AvgIpc) is 2.65. The van der Waals surface area contributed by atoms with E-state index in [1.165, 1.54) is 36.8 Å². The normalized spacial score (nSPS) is 10.7. The second-order valence-electron chi connectivity index (χ2n) is 5.81. The molecule has 2 N–H and O–H groups in total. The number of carbonyl (C=O) groups excluding carboxylic acids is 2. The second-order valence-corrected chi connectivity index (χ2v) is 5.81. The highest BCUT2D eigenvalue weighted by Gasteiger charge is 2.17. The van der Waals surface area contributed by atoms with Gasteiger partial charge in [-0.05, 0) is 36.4 Å². The summed E-state index contributed by atoms with van der Waals surface area (Å²) in [5.74, 6) is -3.03. The third kappa shape index (κ3) is 4.64. The number of nitrogens with zero attached hydrogens (tertiary/aromatic N) is 3. The molecule has 9 heteroatoms. The Balaban J connectivity index is 2.18. The zero-order valence-corrected chi connectivity index (χ0v) is 14.9. The van der Waals surface area contributed by atoms with Crippen molar-refractivity contribution in [3.63, 3.8) is 0 Å². The van der Waals surface area contributed by atoms with Gasteiger partial charge in [0.2, 0.25) is 0 Å². The fourth-order valence-corrected chi connectivity index (χ4v) is 2.17. The largest absolute Gasteiger partial charge is 0.378 e. The molecule has 2 aromatic rings. The number of hydroxylamine groups is 1. The fraction of sp³-hybridized carbons (Fsp3) is 0.167. The van der Waals surface area contributed by atoms with Crippen molar-refractivity contribution in [3.05, 3.63) is 64.7 Å². The van der Waals surface area contributed by atoms with E-state index in [1.807, 2.05) is 0 Å². The Morgan fingerprint density at radius 2 is 1.78 bits per heavy atom. The maximum atomic E-state index is 14.2. The maximum absolute atomic E-state index is 14.2. The molecule has 7 nitrogen and oxygen atoms in total. The molecule has 0 unspecified atom stereocenters. The number of nitrogens with one attached hydrogen (secondary N) is 1. The molecule has 0 aromatic heterocycles. The molecule has 0 saturated heterocycles. The topological polar surface area (TPSA) is 85.2 Å². The number of amides is 2. The number of hydrogen-bond acceptors (Lipinski definition) is 5. The Bertz CT molecular complexity index is 900. The summed E-state index contributed by atoms with van der Waals surface area (Å²) in [5, 5.41) is 13.2. The molecule has 0 bridgehead atoms. The monoisotopic (exact) mass is 376 g/mol. The van der Waals surface area contributed by atoms with Crippen LogP contribution in [-0.2, 0) is 0 Å². The van der Waals surface area contributed by atoms with E-state index in [2.05, 4.69) is 5.10 Å². The number of hydrogen-bond donors (Lipinski definition) is 2. The molecule has 2 amide bonds. The lowest BCUT2D eigenvalue weighted by Crippen LogP contribution is -2.23. The van der Waals surface area contributed by atoms with E-state index in [9.17, 15) is 18.4 Å². The van der Waals surface area contributed by atoms with Crippen LogP contribution in [0.2, 0.25) is 0 Å². The van der Waals surface area contributed by atoms with Crippen molar-refractivity contribution in [2.45, 2.75) is 0 Å². The van der Waals surface area contributed by atoms with Gasteiger partial charge in [0.05, 0.1) is 11.8 Å². The van der Waals surface area contributed by atoms with Crippen molar-refractivity contribution in [2.75, 3.05) is 26.0 Å². The summed E-state index contributed by atoms with van der Waals surface area (Å²) in [7, 11) is 4.80. The molecule has 27 heavy (non-hydrogen) atoms. The van der Waals surface area contributed by atoms with Gasteiger partial charge in [-0.15, -0.1) is 0 Å². The van der Waals surface area contributed by atoms with Gasteiger partial charge in [-0.3, -0.25) is 14.8 Å². The lowest BCUT2D eigenvalue weighted by atomic mass is 10.1. The van der Waals surface area contributed by atoms with Crippen molar-refractivity contribution in [1.29, 1.82) is 0 Å². The van der Waals surface area contributed by atoms with Gasteiger partial charge in [0, 0.05) is 38.0 Å². The van der Waals surface area contributed by atoms with Crippen molar-refractivity contribution in [2.24, 2.45) is 5.10 Å². The predicted octanol–water partition coefficient (Wildman–Crippen LogP) is 2.26. The lowest BCUT2D eigenvalue weighted by molar-refractivity contribution is 0.0705. The summed E-state index contributed by atoms with van der Waals surface area (Å²) in [4.78, 5) is 25.3. The molecule has 0 aliphatic rings. The van der Waals surface area contributed by atoms with Gasteiger partial charge in [-0.1, -0.05) is 0 Å². The zero-order chi connectivity index (χ0) is 20.1. The molecule has 0 spiro atoms. The summed E-state index contributed by atoms with van der Waals surface area (Å²) >= 11 is 0. The quantitative estimate of drug-likeness (QED) is 0.476. The van der Waals surface area contributed by atoms with Crippen LogP contribution < -0.4 is 10.4 Å². The fourth-order valence-electron chi connectivity index (χ4n) is 2.17. The van der Waals surface area contributed by atoms with E-state index in [0.717, 1.165) is 17.3 Å². The van der Waals surface area contributed by atoms with E-state index in [-0.39, 0.29) is 16.7 Å². The summed E-state index contributed by atoms with van der Waals surface area (Å²) in [6, 6.07) is 7.62. The third-order valence-corrected chi connectivity index (χ3v) is 3.73. The SMILES string of the molecule is CN(N=Cc1ccc(C(=O)NO)cc1F)C(=O)c1ccc(N(C)C)cc1F. The average molecular weight is 376 g/mol. The molecule has 2 rings (SSSR count). The van der Waals surface area contributed by atoms with E-state index >= 15 is 0 Å². The minimum absolute atomic E-state index is 0.00701.